The molecule has 11 atom stereocenters. The van der Waals surface area contributed by atoms with Crippen LogP contribution >= 0.6 is 21.6 Å². The number of esters is 2. The van der Waals surface area contributed by atoms with Crippen LogP contribution in [0, 0.1) is 29.1 Å². The molecule has 1 aromatic heterocycles. The normalized spacial score (nSPS) is 35.0. The van der Waals surface area contributed by atoms with Gasteiger partial charge in [-0.2, -0.15) is 4.98 Å². The molecule has 58 heavy (non-hydrogen) atoms. The van der Waals surface area contributed by atoms with Gasteiger partial charge in [-0.1, -0.05) is 65.8 Å². The van der Waals surface area contributed by atoms with Crippen molar-refractivity contribution in [3.8, 4) is 0 Å². The second kappa shape index (κ2) is 19.2. The van der Waals surface area contributed by atoms with E-state index in [2.05, 4.69) is 49.7 Å². The van der Waals surface area contributed by atoms with E-state index in [0.717, 1.165) is 61.2 Å². The smallest absolute Gasteiger partial charge is 0.351 e. The van der Waals surface area contributed by atoms with Crippen LogP contribution in [-0.2, 0) is 23.8 Å². The lowest BCUT2D eigenvalue weighted by Gasteiger charge is -2.44. The Morgan fingerprint density at radius 1 is 1.12 bits per heavy atom. The van der Waals surface area contributed by atoms with Gasteiger partial charge in [0.15, 0.2) is 11.9 Å². The van der Waals surface area contributed by atoms with Crippen molar-refractivity contribution in [1.29, 1.82) is 0 Å². The number of nitrogens with two attached hydrogens (primary N) is 1. The number of hydrogen-bond donors (Lipinski definition) is 4. The third-order valence-corrected chi connectivity index (χ3v) is 15.4. The lowest BCUT2D eigenvalue weighted by atomic mass is 9.61. The van der Waals surface area contributed by atoms with E-state index in [4.69, 9.17) is 19.9 Å². The minimum Gasteiger partial charge on any atom is -0.463 e. The Balaban J connectivity index is 0.898. The first-order valence-corrected chi connectivity index (χ1v) is 23.2. The van der Waals surface area contributed by atoms with E-state index < -0.39 is 48.0 Å². The van der Waals surface area contributed by atoms with Gasteiger partial charge in [-0.15, -0.1) is 0 Å². The molecule has 5 N–H and O–H groups in total. The van der Waals surface area contributed by atoms with Crippen molar-refractivity contribution in [2.45, 2.75) is 134 Å². The highest BCUT2D eigenvalue weighted by Gasteiger charge is 2.56. The van der Waals surface area contributed by atoms with E-state index in [1.807, 2.05) is 0 Å². The Kier molecular flexibility index (Phi) is 14.8. The summed E-state index contributed by atoms with van der Waals surface area (Å²) < 4.78 is 33.1. The summed E-state index contributed by atoms with van der Waals surface area (Å²) in [6.45, 7) is 9.54. The van der Waals surface area contributed by atoms with Gasteiger partial charge in [-0.3, -0.25) is 14.2 Å². The number of nitrogen functional groups attached to an aromatic ring is 1. The number of carbonyl (C=O) groups is 2. The maximum atomic E-state index is 15.4. The van der Waals surface area contributed by atoms with Gasteiger partial charge in [0.2, 0.25) is 0 Å². The molecule has 0 aromatic carbocycles. The van der Waals surface area contributed by atoms with Gasteiger partial charge in [-0.25, -0.2) is 9.18 Å². The fraction of sp³-hybridized carbons (Fsp3) is 0.674. The highest BCUT2D eigenvalue weighted by molar-refractivity contribution is 8.76. The molecule has 6 rings (SSSR count). The molecule has 12 nitrogen and oxygen atoms in total. The molecule has 0 amide bonds. The van der Waals surface area contributed by atoms with E-state index in [-0.39, 0.29) is 42.8 Å². The van der Waals surface area contributed by atoms with Crippen molar-refractivity contribution in [1.82, 2.24) is 9.55 Å². The fourth-order valence-electron chi connectivity index (χ4n) is 9.53. The summed E-state index contributed by atoms with van der Waals surface area (Å²) in [5, 5.41) is 31.0. The lowest BCUT2D eigenvalue weighted by molar-refractivity contribution is -0.150. The number of aliphatic hydroxyl groups is 3. The number of alkyl halides is 1. The van der Waals surface area contributed by atoms with E-state index in [0.29, 0.717) is 48.0 Å². The van der Waals surface area contributed by atoms with Crippen molar-refractivity contribution >= 4 is 39.3 Å². The maximum Gasteiger partial charge on any atom is 0.351 e. The average Bonchev–Trinajstić information content (AvgIpc) is 3.91. The summed E-state index contributed by atoms with van der Waals surface area (Å²) in [6, 6.07) is 1.32. The van der Waals surface area contributed by atoms with Gasteiger partial charge < -0.3 is 35.3 Å². The molecule has 15 heteroatoms. The van der Waals surface area contributed by atoms with Gasteiger partial charge in [0, 0.05) is 24.1 Å². The van der Waals surface area contributed by atoms with Crippen LogP contribution in [0.4, 0.5) is 10.2 Å². The van der Waals surface area contributed by atoms with Crippen molar-refractivity contribution < 1.29 is 43.5 Å². The van der Waals surface area contributed by atoms with Crippen LogP contribution in [0.2, 0.25) is 0 Å². The molecule has 320 valence electrons. The summed E-state index contributed by atoms with van der Waals surface area (Å²) in [5.41, 5.74) is 5.65. The second-order valence-electron chi connectivity index (χ2n) is 17.2. The zero-order chi connectivity index (χ0) is 41.8. The predicted octanol–water partition coefficient (Wildman–Crippen LogP) is 6.17. The van der Waals surface area contributed by atoms with E-state index in [1.165, 1.54) is 45.8 Å². The molecule has 5 aliphatic rings. The molecule has 4 saturated carbocycles. The summed E-state index contributed by atoms with van der Waals surface area (Å²) >= 11 is 0. The number of allylic oxidation sites excluding steroid dienone is 4. The molecular weight excluding hydrogens is 786 g/mol. The summed E-state index contributed by atoms with van der Waals surface area (Å²) in [5.74, 6) is 1.85. The first kappa shape index (κ1) is 44.6. The number of anilines is 1. The van der Waals surface area contributed by atoms with Crippen LogP contribution in [0.3, 0.4) is 0 Å². The molecule has 1 aliphatic heterocycles. The van der Waals surface area contributed by atoms with Crippen molar-refractivity contribution in [3.63, 3.8) is 0 Å². The Bertz CT molecular complexity index is 1810. The van der Waals surface area contributed by atoms with Crippen LogP contribution in [0.1, 0.15) is 97.6 Å². The predicted molar refractivity (Wildman–Crippen MR) is 223 cm³/mol. The van der Waals surface area contributed by atoms with Crippen molar-refractivity contribution in [3.05, 3.63) is 70.3 Å². The number of ether oxygens (including phenoxy) is 3. The van der Waals surface area contributed by atoms with Crippen molar-refractivity contribution in [2.75, 3.05) is 23.8 Å². The largest absolute Gasteiger partial charge is 0.463 e. The van der Waals surface area contributed by atoms with E-state index in [1.54, 1.807) is 0 Å². The minimum absolute atomic E-state index is 0.0309. The molecule has 1 saturated heterocycles. The van der Waals surface area contributed by atoms with E-state index in [9.17, 15) is 29.7 Å². The Labute approximate surface area is 348 Å². The SMILES string of the molecule is C=C1/C(=C\C=C2/CCC[C@@]3(C)C2CCC3[C@@H](C)/C=C/C(OC(=O)CCSSCCC(=O)OCC2OC(n3ccc(N)nc3=O)C(C)(F)C2O)C2CC2)C[C@@H](O)C[C@@H]1O. The average molecular weight is 846 g/mol. The summed E-state index contributed by atoms with van der Waals surface area (Å²) in [6.07, 6.45) is 13.2. The zero-order valence-electron chi connectivity index (χ0n) is 33.8. The Morgan fingerprint density at radius 3 is 2.55 bits per heavy atom. The molecule has 4 aliphatic carbocycles. The van der Waals surface area contributed by atoms with E-state index >= 15 is 4.39 Å². The fourth-order valence-corrected chi connectivity index (χ4v) is 11.5. The van der Waals surface area contributed by atoms with Crippen LogP contribution in [0.5, 0.6) is 0 Å². The first-order chi connectivity index (χ1) is 27.6. The monoisotopic (exact) mass is 845 g/mol. The number of halogens is 1. The number of fused-ring (bicyclic) bond motifs is 1. The van der Waals surface area contributed by atoms with Crippen LogP contribution < -0.4 is 11.4 Å². The summed E-state index contributed by atoms with van der Waals surface area (Å²) in [4.78, 5) is 41.1. The third kappa shape index (κ3) is 10.5. The second-order valence-corrected chi connectivity index (χ2v) is 19.9. The van der Waals surface area contributed by atoms with Crippen LogP contribution in [0.15, 0.2) is 64.7 Å². The molecule has 0 spiro atoms. The van der Waals surface area contributed by atoms with Gasteiger partial charge in [0.25, 0.3) is 0 Å². The lowest BCUT2D eigenvalue weighted by Crippen LogP contribution is -2.43. The van der Waals surface area contributed by atoms with Gasteiger partial charge in [0.05, 0.1) is 25.0 Å². The Hall–Kier alpha value is -2.95. The quantitative estimate of drug-likeness (QED) is 0.0642. The number of carbonyl (C=O) groups excluding carboxylic acids is 2. The Morgan fingerprint density at radius 2 is 1.84 bits per heavy atom. The van der Waals surface area contributed by atoms with Gasteiger partial charge in [-0.05, 0) is 111 Å². The number of rotatable bonds is 16. The van der Waals surface area contributed by atoms with Gasteiger partial charge >= 0.3 is 17.6 Å². The van der Waals surface area contributed by atoms with Crippen LogP contribution in [-0.4, -0.2) is 91.1 Å². The molecule has 0 radical (unpaired) electrons. The number of hydrogen-bond acceptors (Lipinski definition) is 13. The number of aromatic nitrogens is 2. The molecule has 2 heterocycles. The molecule has 7 unspecified atom stereocenters. The van der Waals surface area contributed by atoms with Gasteiger partial charge in [0.1, 0.15) is 30.7 Å². The number of aliphatic hydroxyl groups excluding tert-OH is 3. The highest BCUT2D eigenvalue weighted by atomic mass is 33.1. The highest BCUT2D eigenvalue weighted by Crippen LogP contribution is 2.59. The molecular formula is C43H60FN3O9S2. The van der Waals surface area contributed by atoms with Crippen molar-refractivity contribution in [2.24, 2.45) is 29.1 Å². The topological polar surface area (TPSA) is 183 Å². The maximum absolute atomic E-state index is 15.4. The van der Waals surface area contributed by atoms with Crippen LogP contribution in [0.25, 0.3) is 0 Å². The molecule has 0 bridgehead atoms. The summed E-state index contributed by atoms with van der Waals surface area (Å²) in [7, 11) is 2.90. The zero-order valence-corrected chi connectivity index (χ0v) is 35.4. The minimum atomic E-state index is -2.35. The molecule has 5 fully saturated rings. The number of nitrogens with zero attached hydrogens (tertiary/aromatic N) is 2. The first-order valence-electron chi connectivity index (χ1n) is 20.7. The standard InChI is InChI=1S/C43H60FN3O9S2/c1-25(31-12-13-32-27(6-5-18-42(31,32)3)8-11-29-22-30(48)23-33(49)26(29)2)7-14-34(28-9-10-28)55-38(51)17-21-58-57-20-16-37(50)54-24-35-39(52)43(4,44)40(56-35)47-19-15-36(45)46-41(47)53/h7-8,11,14-15,19,25,28,30-35,39-40,48-49,52H,2,5-6,9-10,12-13,16-18,20-24H2,1,3-4H3,(H2,45,46,53)/b14-7+,27-8+,29-11-/t25-,30+,31?,32?,33-,34?,35?,39?,40?,42+,43?/m0/s1. The third-order valence-electron chi connectivity index (χ3n) is 13.0. The molecule has 1 aromatic rings.